The number of rotatable bonds is 6. The van der Waals surface area contributed by atoms with Crippen molar-refractivity contribution in [2.24, 2.45) is 22.4 Å². The van der Waals surface area contributed by atoms with Gasteiger partial charge in [0.05, 0.1) is 12.5 Å². The molecule has 1 saturated heterocycles. The number of aliphatic imine (C=N–C) groups is 1. The van der Waals surface area contributed by atoms with Crippen LogP contribution in [0.3, 0.4) is 0 Å². The highest BCUT2D eigenvalue weighted by atomic mass is 35.5. The Balaban J connectivity index is 1.55. The molecule has 0 spiro atoms. The molecule has 0 aromatic heterocycles. The number of hydrogen-bond acceptors (Lipinski definition) is 3. The van der Waals surface area contributed by atoms with Crippen molar-refractivity contribution in [1.29, 1.82) is 0 Å². The number of nitrogens with two attached hydrogens (primary N) is 2. The highest BCUT2D eigenvalue weighted by molar-refractivity contribution is 6.30. The van der Waals surface area contributed by atoms with Gasteiger partial charge in [0, 0.05) is 36.9 Å². The van der Waals surface area contributed by atoms with E-state index in [4.69, 9.17) is 23.1 Å². The predicted molar refractivity (Wildman–Crippen MR) is 115 cm³/mol. The summed E-state index contributed by atoms with van der Waals surface area (Å²) in [6, 6.07) is 13.8. The van der Waals surface area contributed by atoms with Gasteiger partial charge in [-0.25, -0.2) is 4.39 Å². The number of halogens is 2. The Bertz CT molecular complexity index is 848. The Hall–Kier alpha value is -2.80. The number of amides is 1. The van der Waals surface area contributed by atoms with Gasteiger partial charge in [0.15, 0.2) is 5.96 Å². The molecular weight excluding hydrogens is 393 g/mol. The Morgan fingerprint density at radius 3 is 2.24 bits per heavy atom. The number of benzene rings is 2. The molecule has 2 aromatic rings. The fraction of sp³-hybridized carbons (Fsp3) is 0.333. The third kappa shape index (κ3) is 5.84. The van der Waals surface area contributed by atoms with Gasteiger partial charge in [-0.15, -0.1) is 0 Å². The third-order valence-electron chi connectivity index (χ3n) is 5.07. The van der Waals surface area contributed by atoms with Crippen LogP contribution in [-0.4, -0.2) is 49.5 Å². The van der Waals surface area contributed by atoms with Crippen molar-refractivity contribution >= 4 is 29.2 Å². The van der Waals surface area contributed by atoms with Crippen LogP contribution in [0.15, 0.2) is 53.5 Å². The van der Waals surface area contributed by atoms with Crippen molar-refractivity contribution in [3.8, 4) is 0 Å². The van der Waals surface area contributed by atoms with Gasteiger partial charge < -0.3 is 21.3 Å². The van der Waals surface area contributed by atoms with Gasteiger partial charge in [-0.2, -0.15) is 0 Å². The van der Waals surface area contributed by atoms with Gasteiger partial charge in [-0.3, -0.25) is 9.79 Å². The fourth-order valence-corrected chi connectivity index (χ4v) is 3.44. The Labute approximate surface area is 174 Å². The maximum Gasteiger partial charge on any atom is 0.222 e. The molecule has 4 N–H and O–H groups in total. The molecule has 8 heteroatoms. The second-order valence-electron chi connectivity index (χ2n) is 7.08. The molecule has 0 saturated carbocycles. The van der Waals surface area contributed by atoms with Gasteiger partial charge in [-0.05, 0) is 48.4 Å². The van der Waals surface area contributed by atoms with Gasteiger partial charge in [0.2, 0.25) is 5.91 Å². The van der Waals surface area contributed by atoms with E-state index in [2.05, 4.69) is 9.89 Å². The minimum Gasteiger partial charge on any atom is -0.370 e. The van der Waals surface area contributed by atoms with Crippen molar-refractivity contribution in [1.82, 2.24) is 4.90 Å². The van der Waals surface area contributed by atoms with E-state index in [-0.39, 0.29) is 12.4 Å². The van der Waals surface area contributed by atoms with Crippen molar-refractivity contribution < 1.29 is 9.18 Å². The number of carbonyl (C=O) groups excluding carboxylic acids is 1. The topological polar surface area (TPSA) is 87.9 Å². The highest BCUT2D eigenvalue weighted by Crippen LogP contribution is 2.19. The summed E-state index contributed by atoms with van der Waals surface area (Å²) in [5.74, 6) is -0.844. The summed E-state index contributed by atoms with van der Waals surface area (Å²) in [7, 11) is 0. The number of nitrogens with zero attached hydrogens (tertiary/aromatic N) is 3. The van der Waals surface area contributed by atoms with E-state index < -0.39 is 11.8 Å². The molecular formula is C21H25ClFN5O. The predicted octanol–water partition coefficient (Wildman–Crippen LogP) is 2.26. The van der Waals surface area contributed by atoms with Gasteiger partial charge in [-0.1, -0.05) is 23.7 Å². The molecule has 1 fully saturated rings. The molecule has 1 amide bonds. The molecule has 0 radical (unpaired) electrons. The normalized spacial score (nSPS) is 16.0. The summed E-state index contributed by atoms with van der Waals surface area (Å²) in [6.07, 6.45) is 0.400. The number of guanidine groups is 1. The lowest BCUT2D eigenvalue weighted by Crippen LogP contribution is -2.51. The lowest BCUT2D eigenvalue weighted by Gasteiger charge is -2.36. The molecule has 3 rings (SSSR count). The maximum atomic E-state index is 13.1. The quantitative estimate of drug-likeness (QED) is 0.557. The zero-order valence-corrected chi connectivity index (χ0v) is 16.9. The molecule has 1 atom stereocenters. The van der Waals surface area contributed by atoms with Crippen LogP contribution in [0, 0.1) is 11.7 Å². The second kappa shape index (κ2) is 9.60. The maximum absolute atomic E-state index is 13.1. The summed E-state index contributed by atoms with van der Waals surface area (Å²) in [5, 5.41) is 0.716. The van der Waals surface area contributed by atoms with E-state index in [1.165, 1.54) is 12.1 Å². The summed E-state index contributed by atoms with van der Waals surface area (Å²) in [6.45, 7) is 3.30. The lowest BCUT2D eigenvalue weighted by molar-refractivity contribution is -0.121. The third-order valence-corrected chi connectivity index (χ3v) is 5.32. The summed E-state index contributed by atoms with van der Waals surface area (Å²) >= 11 is 5.95. The first-order valence-corrected chi connectivity index (χ1v) is 9.89. The molecule has 1 aliphatic heterocycles. The smallest absolute Gasteiger partial charge is 0.222 e. The zero-order valence-electron chi connectivity index (χ0n) is 16.1. The molecule has 29 heavy (non-hydrogen) atoms. The molecule has 1 aliphatic rings. The summed E-state index contributed by atoms with van der Waals surface area (Å²) < 4.78 is 13.1. The first kappa shape index (κ1) is 20.9. The van der Waals surface area contributed by atoms with Crippen LogP contribution >= 0.6 is 11.6 Å². The number of primary amides is 1. The molecule has 0 bridgehead atoms. The average Bonchev–Trinajstić information content (AvgIpc) is 2.72. The van der Waals surface area contributed by atoms with Crippen LogP contribution in [0.1, 0.15) is 5.56 Å². The highest BCUT2D eigenvalue weighted by Gasteiger charge is 2.20. The van der Waals surface area contributed by atoms with Crippen molar-refractivity contribution in [2.75, 3.05) is 37.6 Å². The van der Waals surface area contributed by atoms with Crippen LogP contribution < -0.4 is 16.4 Å². The summed E-state index contributed by atoms with van der Waals surface area (Å²) in [4.78, 5) is 20.5. The standard InChI is InChI=1S/C21H25ClFN5O/c22-17-3-7-19(8-4-17)27-9-11-28(12-10-27)21(25)26-14-16(20(24)29)13-15-1-5-18(23)6-2-15/h1-8,16H,9-14H2,(H2,24,29)(H2,25,26). The first-order valence-electron chi connectivity index (χ1n) is 9.51. The molecule has 1 unspecified atom stereocenters. The molecule has 6 nitrogen and oxygen atoms in total. The summed E-state index contributed by atoms with van der Waals surface area (Å²) in [5.41, 5.74) is 13.6. The van der Waals surface area contributed by atoms with Crippen LogP contribution in [0.4, 0.5) is 10.1 Å². The monoisotopic (exact) mass is 417 g/mol. The van der Waals surface area contributed by atoms with Gasteiger partial charge >= 0.3 is 0 Å². The minimum atomic E-state index is -0.491. The minimum absolute atomic E-state index is 0.204. The molecule has 2 aromatic carbocycles. The zero-order chi connectivity index (χ0) is 20.8. The van der Waals surface area contributed by atoms with Gasteiger partial charge in [0.25, 0.3) is 0 Å². The number of piperazine rings is 1. The van der Waals surface area contributed by atoms with Crippen molar-refractivity contribution in [2.45, 2.75) is 6.42 Å². The first-order chi connectivity index (χ1) is 13.9. The SMILES string of the molecule is NC(=O)C(CN=C(N)N1CCN(c2ccc(Cl)cc2)CC1)Cc1ccc(F)cc1. The second-order valence-corrected chi connectivity index (χ2v) is 7.52. The largest absolute Gasteiger partial charge is 0.370 e. The van der Waals surface area contributed by atoms with Crippen LogP contribution in [0.2, 0.25) is 5.02 Å². The van der Waals surface area contributed by atoms with Crippen molar-refractivity contribution in [3.63, 3.8) is 0 Å². The van der Waals surface area contributed by atoms with E-state index in [1.54, 1.807) is 12.1 Å². The average molecular weight is 418 g/mol. The number of carbonyl (C=O) groups is 1. The van der Waals surface area contributed by atoms with E-state index in [9.17, 15) is 9.18 Å². The van der Waals surface area contributed by atoms with Crippen LogP contribution in [-0.2, 0) is 11.2 Å². The molecule has 154 valence electrons. The Morgan fingerprint density at radius 2 is 1.66 bits per heavy atom. The Morgan fingerprint density at radius 1 is 1.03 bits per heavy atom. The van der Waals surface area contributed by atoms with E-state index in [1.807, 2.05) is 29.2 Å². The molecule has 0 aliphatic carbocycles. The molecule has 1 heterocycles. The lowest BCUT2D eigenvalue weighted by atomic mass is 9.99. The fourth-order valence-electron chi connectivity index (χ4n) is 3.31. The van der Waals surface area contributed by atoms with E-state index in [0.29, 0.717) is 17.4 Å². The van der Waals surface area contributed by atoms with E-state index >= 15 is 0 Å². The number of anilines is 1. The van der Waals surface area contributed by atoms with Crippen molar-refractivity contribution in [3.05, 3.63) is 64.9 Å². The van der Waals surface area contributed by atoms with Gasteiger partial charge in [0.1, 0.15) is 5.82 Å². The Kier molecular flexibility index (Phi) is 6.93. The van der Waals surface area contributed by atoms with Crippen LogP contribution in [0.5, 0.6) is 0 Å². The number of hydrogen-bond donors (Lipinski definition) is 2. The van der Waals surface area contributed by atoms with E-state index in [0.717, 1.165) is 37.4 Å². The van der Waals surface area contributed by atoms with Crippen LogP contribution in [0.25, 0.3) is 0 Å².